The minimum Gasteiger partial charge on any atom is -0.497 e. The van der Waals surface area contributed by atoms with Crippen LogP contribution in [0.5, 0.6) is 5.75 Å². The molecule has 0 unspecified atom stereocenters. The molecule has 2 N–H and O–H groups in total. The first-order valence-corrected chi connectivity index (χ1v) is 12.1. The molecule has 2 aliphatic rings. The van der Waals surface area contributed by atoms with Gasteiger partial charge in [0.15, 0.2) is 0 Å². The van der Waals surface area contributed by atoms with E-state index in [-0.39, 0.29) is 5.54 Å². The van der Waals surface area contributed by atoms with Crippen LogP contribution in [0.25, 0.3) is 0 Å². The van der Waals surface area contributed by atoms with Crippen LogP contribution in [0.1, 0.15) is 86.5 Å². The Morgan fingerprint density at radius 3 is 2.60 bits per heavy atom. The van der Waals surface area contributed by atoms with E-state index in [1.807, 2.05) is 0 Å². The van der Waals surface area contributed by atoms with Gasteiger partial charge in [-0.05, 0) is 104 Å². The first kappa shape index (κ1) is 21.4. The first-order valence-electron chi connectivity index (χ1n) is 12.1. The molecular formula is C28H39NO. The van der Waals surface area contributed by atoms with E-state index in [9.17, 15) is 0 Å². The lowest BCUT2D eigenvalue weighted by molar-refractivity contribution is 0.408. The monoisotopic (exact) mass is 405 g/mol. The molecule has 0 amide bonds. The highest BCUT2D eigenvalue weighted by molar-refractivity contribution is 5.36. The summed E-state index contributed by atoms with van der Waals surface area (Å²) in [6, 6.07) is 15.9. The third kappa shape index (κ3) is 5.09. The Bertz CT molecular complexity index is 827. The normalized spacial score (nSPS) is 25.8. The number of fused-ring (bicyclic) bond motifs is 1. The van der Waals surface area contributed by atoms with Crippen LogP contribution >= 0.6 is 0 Å². The van der Waals surface area contributed by atoms with Crippen LogP contribution in [0.3, 0.4) is 0 Å². The fourth-order valence-corrected chi connectivity index (χ4v) is 5.67. The summed E-state index contributed by atoms with van der Waals surface area (Å²) in [6.45, 7) is 2.24. The number of benzene rings is 2. The van der Waals surface area contributed by atoms with Crippen LogP contribution in [-0.2, 0) is 19.3 Å². The molecule has 4 rings (SSSR count). The molecule has 0 heterocycles. The maximum absolute atomic E-state index is 6.54. The summed E-state index contributed by atoms with van der Waals surface area (Å²) >= 11 is 0. The van der Waals surface area contributed by atoms with Crippen molar-refractivity contribution in [3.05, 3.63) is 64.7 Å². The van der Waals surface area contributed by atoms with Crippen molar-refractivity contribution in [3.8, 4) is 5.75 Å². The maximum atomic E-state index is 6.54. The highest BCUT2D eigenvalue weighted by Gasteiger charge is 2.35. The van der Waals surface area contributed by atoms with Gasteiger partial charge in [0, 0.05) is 5.54 Å². The number of hydrogen-bond donors (Lipinski definition) is 1. The summed E-state index contributed by atoms with van der Waals surface area (Å²) in [5, 5.41) is 0. The summed E-state index contributed by atoms with van der Waals surface area (Å²) in [5.74, 6) is 2.49. The molecule has 2 aromatic rings. The molecule has 0 bridgehead atoms. The molecule has 162 valence electrons. The third-order valence-corrected chi connectivity index (χ3v) is 7.87. The number of hydrogen-bond acceptors (Lipinski definition) is 2. The average Bonchev–Trinajstić information content (AvgIpc) is 3.19. The van der Waals surface area contributed by atoms with Crippen LogP contribution in [0.15, 0.2) is 42.5 Å². The highest BCUT2D eigenvalue weighted by atomic mass is 16.5. The van der Waals surface area contributed by atoms with Gasteiger partial charge in [-0.15, -0.1) is 0 Å². The number of rotatable bonds is 8. The van der Waals surface area contributed by atoms with E-state index >= 15 is 0 Å². The minimum absolute atomic E-state index is 0.0808. The Morgan fingerprint density at radius 1 is 1.03 bits per heavy atom. The summed E-state index contributed by atoms with van der Waals surface area (Å²) in [4.78, 5) is 0. The smallest absolute Gasteiger partial charge is 0.118 e. The fraction of sp³-hybridized carbons (Fsp3) is 0.571. The predicted octanol–water partition coefficient (Wildman–Crippen LogP) is 6.59. The van der Waals surface area contributed by atoms with Crippen molar-refractivity contribution in [2.75, 3.05) is 7.11 Å². The van der Waals surface area contributed by atoms with E-state index in [2.05, 4.69) is 49.4 Å². The van der Waals surface area contributed by atoms with Gasteiger partial charge < -0.3 is 10.5 Å². The number of ether oxygens (including phenoxy) is 1. The van der Waals surface area contributed by atoms with Gasteiger partial charge in [0.2, 0.25) is 0 Å². The fourth-order valence-electron chi connectivity index (χ4n) is 5.67. The predicted molar refractivity (Wildman–Crippen MR) is 126 cm³/mol. The largest absolute Gasteiger partial charge is 0.497 e. The first-order chi connectivity index (χ1) is 14.6. The topological polar surface area (TPSA) is 35.2 Å². The van der Waals surface area contributed by atoms with E-state index < -0.39 is 0 Å². The zero-order valence-electron chi connectivity index (χ0n) is 19.0. The Morgan fingerprint density at radius 2 is 1.87 bits per heavy atom. The van der Waals surface area contributed by atoms with Crippen molar-refractivity contribution < 1.29 is 4.74 Å². The lowest BCUT2D eigenvalue weighted by atomic mass is 9.79. The molecule has 2 aromatic carbocycles. The second-order valence-corrected chi connectivity index (χ2v) is 9.89. The van der Waals surface area contributed by atoms with Gasteiger partial charge in [-0.1, -0.05) is 50.1 Å². The summed E-state index contributed by atoms with van der Waals surface area (Å²) < 4.78 is 5.25. The summed E-state index contributed by atoms with van der Waals surface area (Å²) in [5.41, 5.74) is 12.8. The van der Waals surface area contributed by atoms with Crippen LogP contribution in [0, 0.1) is 5.92 Å². The van der Waals surface area contributed by atoms with E-state index in [4.69, 9.17) is 10.5 Å². The van der Waals surface area contributed by atoms with Crippen LogP contribution in [-0.4, -0.2) is 12.6 Å². The highest BCUT2D eigenvalue weighted by Crippen LogP contribution is 2.42. The molecule has 2 nitrogen and oxygen atoms in total. The Hall–Kier alpha value is -1.80. The zero-order chi connectivity index (χ0) is 21.0. The molecule has 1 fully saturated rings. The van der Waals surface area contributed by atoms with Crippen molar-refractivity contribution in [2.45, 2.75) is 89.0 Å². The van der Waals surface area contributed by atoms with Crippen LogP contribution < -0.4 is 10.5 Å². The summed E-state index contributed by atoms with van der Waals surface area (Å²) in [6.07, 6.45) is 13.8. The number of methoxy groups -OCH3 is 1. The van der Waals surface area contributed by atoms with Gasteiger partial charge in [0.1, 0.15) is 5.75 Å². The van der Waals surface area contributed by atoms with Gasteiger partial charge in [0.25, 0.3) is 0 Å². The number of unbranched alkanes of at least 4 members (excludes halogenated alkanes) is 1. The molecule has 30 heavy (non-hydrogen) atoms. The van der Waals surface area contributed by atoms with Crippen LogP contribution in [0.4, 0.5) is 0 Å². The van der Waals surface area contributed by atoms with Gasteiger partial charge in [-0.2, -0.15) is 0 Å². The molecular weight excluding hydrogens is 366 g/mol. The van der Waals surface area contributed by atoms with E-state index in [1.165, 1.54) is 69.8 Å². The molecule has 0 aliphatic heterocycles. The van der Waals surface area contributed by atoms with Gasteiger partial charge in [-0.3, -0.25) is 0 Å². The molecule has 2 aliphatic carbocycles. The second kappa shape index (κ2) is 9.56. The van der Waals surface area contributed by atoms with E-state index in [0.29, 0.717) is 5.92 Å². The van der Waals surface area contributed by atoms with Gasteiger partial charge in [0.05, 0.1) is 7.11 Å². The van der Waals surface area contributed by atoms with E-state index in [0.717, 1.165) is 18.1 Å². The van der Waals surface area contributed by atoms with Crippen molar-refractivity contribution >= 4 is 0 Å². The minimum atomic E-state index is 0.0808. The van der Waals surface area contributed by atoms with Crippen LogP contribution in [0.2, 0.25) is 0 Å². The van der Waals surface area contributed by atoms with Crippen molar-refractivity contribution in [2.24, 2.45) is 11.7 Å². The van der Waals surface area contributed by atoms with Crippen molar-refractivity contribution in [3.63, 3.8) is 0 Å². The Balaban J connectivity index is 1.25. The standard InChI is InChI=1S/C28H39NO/c1-3-28(29)17-16-26(20-28)25-13-12-23-18-22(8-11-24(23)19-25)7-5-4-6-21-9-14-27(30-2)15-10-21/h9-10,12-15,19,22,26H,3-8,11,16-18,20,29H2,1-2H3/t22-,26+,28-/m1/s1. The molecule has 2 heteroatoms. The molecule has 0 spiro atoms. The molecule has 1 saturated carbocycles. The average molecular weight is 406 g/mol. The third-order valence-electron chi connectivity index (χ3n) is 7.87. The number of nitrogens with two attached hydrogens (primary N) is 1. The number of aryl methyl sites for hydroxylation is 2. The Kier molecular flexibility index (Phi) is 6.83. The second-order valence-electron chi connectivity index (χ2n) is 9.89. The van der Waals surface area contributed by atoms with Crippen molar-refractivity contribution in [1.29, 1.82) is 0 Å². The molecule has 0 radical (unpaired) electrons. The van der Waals surface area contributed by atoms with Gasteiger partial charge in [-0.25, -0.2) is 0 Å². The van der Waals surface area contributed by atoms with Crippen molar-refractivity contribution in [1.82, 2.24) is 0 Å². The molecule has 0 aromatic heterocycles. The quantitative estimate of drug-likeness (QED) is 0.503. The SMILES string of the molecule is CC[C@@]1(N)CC[C@H](c2ccc3c(c2)CC[C@@H](CCCCc2ccc(OC)cc2)C3)C1. The lowest BCUT2D eigenvalue weighted by Crippen LogP contribution is -2.35. The molecule has 3 atom stereocenters. The summed E-state index contributed by atoms with van der Waals surface area (Å²) in [7, 11) is 1.73. The Labute approximate surface area is 183 Å². The lowest BCUT2D eigenvalue weighted by Gasteiger charge is -2.26. The maximum Gasteiger partial charge on any atom is 0.118 e. The van der Waals surface area contributed by atoms with E-state index in [1.54, 1.807) is 23.8 Å². The van der Waals surface area contributed by atoms with Gasteiger partial charge >= 0.3 is 0 Å². The zero-order valence-corrected chi connectivity index (χ0v) is 19.0. The molecule has 0 saturated heterocycles.